The summed E-state index contributed by atoms with van der Waals surface area (Å²) in [4.78, 5) is 18.8. The number of fused-ring (bicyclic) bond motifs is 1. The van der Waals surface area contributed by atoms with Crippen molar-refractivity contribution in [2.24, 2.45) is 16.6 Å². The molecular weight excluding hydrogens is 376 g/mol. The van der Waals surface area contributed by atoms with Gasteiger partial charge in [-0.15, -0.1) is 0 Å². The van der Waals surface area contributed by atoms with Gasteiger partial charge in [-0.2, -0.15) is 0 Å². The zero-order valence-corrected chi connectivity index (χ0v) is 17.3. The largest absolute Gasteiger partial charge is 0.493 e. The van der Waals surface area contributed by atoms with E-state index in [1.54, 1.807) is 0 Å². The van der Waals surface area contributed by atoms with Crippen molar-refractivity contribution in [2.45, 2.75) is 31.7 Å². The van der Waals surface area contributed by atoms with Crippen LogP contribution >= 0.6 is 0 Å². The van der Waals surface area contributed by atoms with E-state index in [2.05, 4.69) is 34.6 Å². The van der Waals surface area contributed by atoms with Crippen LogP contribution in [-0.4, -0.2) is 43.0 Å². The first-order valence-corrected chi connectivity index (χ1v) is 10.8. The lowest BCUT2D eigenvalue weighted by molar-refractivity contribution is -0.130. The Balaban J connectivity index is 1.24. The maximum Gasteiger partial charge on any atom is 0.244 e. The molecule has 2 aromatic rings. The molecule has 1 atom stereocenters. The van der Waals surface area contributed by atoms with Gasteiger partial charge in [0, 0.05) is 25.1 Å². The Labute approximate surface area is 178 Å². The normalized spacial score (nSPS) is 19.7. The number of carbonyl (C=O) groups excluding carboxylic acids is 1. The van der Waals surface area contributed by atoms with Gasteiger partial charge >= 0.3 is 0 Å². The summed E-state index contributed by atoms with van der Waals surface area (Å²) >= 11 is 0. The van der Waals surface area contributed by atoms with Gasteiger partial charge in [-0.25, -0.2) is 4.99 Å². The van der Waals surface area contributed by atoms with Crippen LogP contribution in [0.2, 0.25) is 0 Å². The van der Waals surface area contributed by atoms with Crippen LogP contribution in [0.5, 0.6) is 5.75 Å². The van der Waals surface area contributed by atoms with E-state index in [0.29, 0.717) is 18.5 Å². The zero-order valence-electron chi connectivity index (χ0n) is 17.3. The lowest BCUT2D eigenvalue weighted by Gasteiger charge is -2.32. The van der Waals surface area contributed by atoms with Gasteiger partial charge < -0.3 is 20.7 Å². The summed E-state index contributed by atoms with van der Waals surface area (Å²) in [6.07, 6.45) is 3.98. The summed E-state index contributed by atoms with van der Waals surface area (Å²) in [5.74, 6) is 1.87. The lowest BCUT2D eigenvalue weighted by Crippen LogP contribution is -2.41. The number of rotatable bonds is 5. The average molecular weight is 407 g/mol. The molecular formula is C24H30N4O2. The highest BCUT2D eigenvalue weighted by Crippen LogP contribution is 2.31. The van der Waals surface area contributed by atoms with E-state index in [0.717, 1.165) is 50.1 Å². The summed E-state index contributed by atoms with van der Waals surface area (Å²) in [5, 5.41) is 3.24. The van der Waals surface area contributed by atoms with Crippen molar-refractivity contribution in [3.05, 3.63) is 65.7 Å². The predicted octanol–water partition coefficient (Wildman–Crippen LogP) is 2.90. The molecule has 6 nitrogen and oxygen atoms in total. The van der Waals surface area contributed by atoms with Gasteiger partial charge in [-0.05, 0) is 36.8 Å². The minimum absolute atomic E-state index is 0.0466. The SMILES string of the molecule is NC(=NCC(=O)N1CCC(Cc2ccccc2)CC1)NC1CCOc2ccccc21. The van der Waals surface area contributed by atoms with Gasteiger partial charge in [0.15, 0.2) is 5.96 Å². The molecule has 1 saturated heterocycles. The number of benzene rings is 2. The van der Waals surface area contributed by atoms with Crippen molar-refractivity contribution in [1.29, 1.82) is 0 Å². The number of aliphatic imine (C=N–C) groups is 1. The smallest absolute Gasteiger partial charge is 0.244 e. The van der Waals surface area contributed by atoms with Crippen molar-refractivity contribution >= 4 is 11.9 Å². The van der Waals surface area contributed by atoms with Crippen molar-refractivity contribution in [3.63, 3.8) is 0 Å². The van der Waals surface area contributed by atoms with Crippen LogP contribution < -0.4 is 15.8 Å². The highest BCUT2D eigenvalue weighted by atomic mass is 16.5. The molecule has 2 aliphatic rings. The van der Waals surface area contributed by atoms with Gasteiger partial charge in [0.05, 0.1) is 12.6 Å². The summed E-state index contributed by atoms with van der Waals surface area (Å²) in [7, 11) is 0. The molecule has 2 heterocycles. The van der Waals surface area contributed by atoms with Gasteiger partial charge in [0.1, 0.15) is 12.3 Å². The van der Waals surface area contributed by atoms with Crippen LogP contribution in [0.3, 0.4) is 0 Å². The maximum atomic E-state index is 12.6. The van der Waals surface area contributed by atoms with Crippen LogP contribution in [0.25, 0.3) is 0 Å². The second kappa shape index (κ2) is 9.65. The number of nitrogens with zero attached hydrogens (tertiary/aromatic N) is 2. The Morgan fingerprint density at radius 2 is 1.80 bits per heavy atom. The highest BCUT2D eigenvalue weighted by Gasteiger charge is 2.24. The number of amides is 1. The molecule has 1 fully saturated rings. The molecule has 0 aliphatic carbocycles. The van der Waals surface area contributed by atoms with E-state index in [-0.39, 0.29) is 18.5 Å². The van der Waals surface area contributed by atoms with E-state index >= 15 is 0 Å². The zero-order chi connectivity index (χ0) is 20.8. The number of hydrogen-bond donors (Lipinski definition) is 2. The van der Waals surface area contributed by atoms with Gasteiger partial charge in [0.25, 0.3) is 0 Å². The Morgan fingerprint density at radius 1 is 1.07 bits per heavy atom. The second-order valence-corrected chi connectivity index (χ2v) is 8.09. The monoisotopic (exact) mass is 406 g/mol. The fourth-order valence-electron chi connectivity index (χ4n) is 4.30. The topological polar surface area (TPSA) is 80.0 Å². The molecule has 2 aromatic carbocycles. The van der Waals surface area contributed by atoms with Crippen LogP contribution in [-0.2, 0) is 11.2 Å². The lowest BCUT2D eigenvalue weighted by atomic mass is 9.90. The molecule has 3 N–H and O–H groups in total. The number of nitrogens with one attached hydrogen (secondary N) is 1. The van der Waals surface area contributed by atoms with Crippen LogP contribution in [0.4, 0.5) is 0 Å². The number of ether oxygens (including phenoxy) is 1. The Morgan fingerprint density at radius 3 is 2.60 bits per heavy atom. The molecule has 0 spiro atoms. The number of nitrogens with two attached hydrogens (primary N) is 1. The standard InChI is InChI=1S/C24H30N4O2/c25-24(27-21-12-15-30-22-9-5-4-8-20(21)22)26-17-23(29)28-13-10-19(11-14-28)16-18-6-2-1-3-7-18/h1-9,19,21H,10-17H2,(H3,25,26,27). The van der Waals surface area contributed by atoms with Crippen molar-refractivity contribution < 1.29 is 9.53 Å². The number of likely N-dealkylation sites (tertiary alicyclic amines) is 1. The average Bonchev–Trinajstić information content (AvgIpc) is 2.79. The molecule has 0 saturated carbocycles. The third-order valence-corrected chi connectivity index (χ3v) is 6.00. The third-order valence-electron chi connectivity index (χ3n) is 6.00. The molecule has 1 amide bonds. The van der Waals surface area contributed by atoms with Crippen LogP contribution in [0, 0.1) is 5.92 Å². The Kier molecular flexibility index (Phi) is 6.52. The van der Waals surface area contributed by atoms with Gasteiger partial charge in [-0.1, -0.05) is 48.5 Å². The fraction of sp³-hybridized carbons (Fsp3) is 0.417. The molecule has 2 aliphatic heterocycles. The first-order chi connectivity index (χ1) is 14.7. The molecule has 30 heavy (non-hydrogen) atoms. The first-order valence-electron chi connectivity index (χ1n) is 10.8. The highest BCUT2D eigenvalue weighted by molar-refractivity contribution is 5.84. The van der Waals surface area contributed by atoms with Crippen LogP contribution in [0.15, 0.2) is 59.6 Å². The Bertz CT molecular complexity index is 876. The summed E-state index contributed by atoms with van der Waals surface area (Å²) in [6.45, 7) is 2.32. The number of para-hydroxylation sites is 1. The molecule has 1 unspecified atom stereocenters. The number of piperidine rings is 1. The van der Waals surface area contributed by atoms with Gasteiger partial charge in [0.2, 0.25) is 5.91 Å². The van der Waals surface area contributed by atoms with E-state index in [9.17, 15) is 4.79 Å². The Hall–Kier alpha value is -3.02. The minimum Gasteiger partial charge on any atom is -0.493 e. The van der Waals surface area contributed by atoms with Crippen molar-refractivity contribution in [2.75, 3.05) is 26.2 Å². The van der Waals surface area contributed by atoms with Crippen LogP contribution in [0.1, 0.15) is 36.4 Å². The van der Waals surface area contributed by atoms with E-state index in [1.807, 2.05) is 35.2 Å². The molecule has 4 rings (SSSR count). The molecule has 0 bridgehead atoms. The molecule has 0 aromatic heterocycles. The predicted molar refractivity (Wildman–Crippen MR) is 118 cm³/mol. The van der Waals surface area contributed by atoms with E-state index in [1.165, 1.54) is 5.56 Å². The maximum absolute atomic E-state index is 12.6. The summed E-state index contributed by atoms with van der Waals surface area (Å²) < 4.78 is 5.68. The van der Waals surface area contributed by atoms with E-state index in [4.69, 9.17) is 10.5 Å². The number of guanidine groups is 1. The second-order valence-electron chi connectivity index (χ2n) is 8.09. The molecule has 6 heteroatoms. The van der Waals surface area contributed by atoms with Crippen molar-refractivity contribution in [3.8, 4) is 5.75 Å². The quantitative estimate of drug-likeness (QED) is 0.591. The molecule has 0 radical (unpaired) electrons. The number of carbonyl (C=O) groups is 1. The molecule has 158 valence electrons. The minimum atomic E-state index is 0.0466. The number of hydrogen-bond acceptors (Lipinski definition) is 3. The summed E-state index contributed by atoms with van der Waals surface area (Å²) in [6, 6.07) is 18.6. The van der Waals surface area contributed by atoms with Gasteiger partial charge in [-0.3, -0.25) is 4.79 Å². The fourth-order valence-corrected chi connectivity index (χ4v) is 4.30. The summed E-state index contributed by atoms with van der Waals surface area (Å²) in [5.41, 5.74) is 8.53. The van der Waals surface area contributed by atoms with E-state index < -0.39 is 0 Å². The first kappa shape index (κ1) is 20.3. The third kappa shape index (κ3) is 5.12. The van der Waals surface area contributed by atoms with Crippen molar-refractivity contribution in [1.82, 2.24) is 10.2 Å².